The number of hydrogen-bond donors (Lipinski definition) is 2. The van der Waals surface area contributed by atoms with Crippen LogP contribution in [0.4, 0.5) is 10.1 Å². The summed E-state index contributed by atoms with van der Waals surface area (Å²) in [4.78, 5) is 13.1. The van der Waals surface area contributed by atoms with Gasteiger partial charge in [-0.2, -0.15) is 0 Å². The normalized spacial score (nSPS) is 17.9. The average Bonchev–Trinajstić information content (AvgIpc) is 3.10. The molecular formula is C21H19ClFN3O2S. The highest BCUT2D eigenvalue weighted by Gasteiger charge is 2.36. The molecule has 2 heterocycles. The van der Waals surface area contributed by atoms with Crippen LogP contribution in [0.5, 0.6) is 5.75 Å². The van der Waals surface area contributed by atoms with E-state index in [2.05, 4.69) is 10.7 Å². The average molecular weight is 432 g/mol. The number of methoxy groups -OCH3 is 1. The van der Waals surface area contributed by atoms with Gasteiger partial charge in [0.2, 0.25) is 5.91 Å². The number of carbonyl (C=O) groups is 1. The van der Waals surface area contributed by atoms with Gasteiger partial charge in [-0.05, 0) is 55.0 Å². The Labute approximate surface area is 177 Å². The van der Waals surface area contributed by atoms with Gasteiger partial charge in [0.05, 0.1) is 23.2 Å². The van der Waals surface area contributed by atoms with Crippen molar-refractivity contribution >= 4 is 35.0 Å². The number of benzene rings is 2. The Morgan fingerprint density at radius 1 is 1.21 bits per heavy atom. The minimum Gasteiger partial charge on any atom is -0.497 e. The number of aromatic nitrogens is 1. The van der Waals surface area contributed by atoms with E-state index in [1.807, 2.05) is 48.0 Å². The zero-order valence-electron chi connectivity index (χ0n) is 15.8. The van der Waals surface area contributed by atoms with Gasteiger partial charge < -0.3 is 15.5 Å². The van der Waals surface area contributed by atoms with Crippen LogP contribution >= 0.6 is 23.4 Å². The van der Waals surface area contributed by atoms with Gasteiger partial charge in [-0.3, -0.25) is 9.47 Å². The van der Waals surface area contributed by atoms with Gasteiger partial charge in [-0.1, -0.05) is 35.5 Å². The summed E-state index contributed by atoms with van der Waals surface area (Å²) in [6, 6.07) is 15.5. The van der Waals surface area contributed by atoms with E-state index in [0.29, 0.717) is 5.69 Å². The molecule has 0 radical (unpaired) electrons. The summed E-state index contributed by atoms with van der Waals surface area (Å²) in [5, 5.41) is 3.32. The zero-order chi connectivity index (χ0) is 20.5. The molecule has 3 aromatic rings. The summed E-state index contributed by atoms with van der Waals surface area (Å²) in [6.07, 6.45) is 0. The molecule has 29 heavy (non-hydrogen) atoms. The molecule has 0 saturated heterocycles. The number of nitrogens with one attached hydrogen (secondary N) is 2. The van der Waals surface area contributed by atoms with Crippen LogP contribution < -0.4 is 15.5 Å². The molecule has 8 heteroatoms. The van der Waals surface area contributed by atoms with E-state index >= 15 is 0 Å². The van der Waals surface area contributed by atoms with Gasteiger partial charge in [-0.15, -0.1) is 0 Å². The highest BCUT2D eigenvalue weighted by Crippen LogP contribution is 2.39. The Morgan fingerprint density at radius 3 is 2.66 bits per heavy atom. The molecule has 2 aromatic carbocycles. The van der Waals surface area contributed by atoms with Gasteiger partial charge in [0.25, 0.3) is 0 Å². The topological polar surface area (TPSA) is 55.3 Å². The van der Waals surface area contributed by atoms with Gasteiger partial charge in [0, 0.05) is 11.4 Å². The summed E-state index contributed by atoms with van der Waals surface area (Å²) in [7, 11) is 1.61. The Kier molecular flexibility index (Phi) is 5.43. The van der Waals surface area contributed by atoms with Crippen molar-refractivity contribution in [2.75, 3.05) is 17.9 Å². The minimum absolute atomic E-state index is 0.0339. The fourth-order valence-electron chi connectivity index (χ4n) is 3.23. The Morgan fingerprint density at radius 2 is 1.97 bits per heavy atom. The van der Waals surface area contributed by atoms with Gasteiger partial charge >= 0.3 is 0 Å². The molecule has 2 atom stereocenters. The monoisotopic (exact) mass is 431 g/mol. The number of nitrogens with zero attached hydrogens (tertiary/aromatic N) is 1. The number of halogens is 2. The third-order valence-corrected chi connectivity index (χ3v) is 6.37. The fourth-order valence-corrected chi connectivity index (χ4v) is 4.64. The Balaban J connectivity index is 1.65. The molecule has 0 unspecified atom stereocenters. The summed E-state index contributed by atoms with van der Waals surface area (Å²) >= 11 is 7.32. The molecule has 0 saturated carbocycles. The van der Waals surface area contributed by atoms with Crippen molar-refractivity contribution in [1.82, 2.24) is 4.68 Å². The lowest BCUT2D eigenvalue weighted by molar-refractivity contribution is -0.116. The van der Waals surface area contributed by atoms with Crippen LogP contribution in [0.15, 0.2) is 59.6 Å². The number of anilines is 1. The minimum atomic E-state index is -0.525. The molecule has 4 rings (SSSR count). The second-order valence-corrected chi connectivity index (χ2v) is 8.25. The van der Waals surface area contributed by atoms with Crippen LogP contribution in [0.25, 0.3) is 0 Å². The molecule has 0 bridgehead atoms. The van der Waals surface area contributed by atoms with Crippen molar-refractivity contribution in [2.45, 2.75) is 23.2 Å². The molecule has 1 aliphatic rings. The molecule has 0 spiro atoms. The first-order chi connectivity index (χ1) is 14.0. The lowest BCUT2D eigenvalue weighted by Crippen LogP contribution is -2.41. The van der Waals surface area contributed by atoms with Crippen molar-refractivity contribution in [3.8, 4) is 5.75 Å². The number of thioether (sulfide) groups is 1. The third kappa shape index (κ3) is 3.93. The first-order valence-electron chi connectivity index (χ1n) is 8.97. The summed E-state index contributed by atoms with van der Waals surface area (Å²) in [6.45, 7) is 2.00. The van der Waals surface area contributed by atoms with Crippen molar-refractivity contribution < 1.29 is 13.9 Å². The number of fused-ring (bicyclic) bond motifs is 1. The van der Waals surface area contributed by atoms with Gasteiger partial charge in [0.1, 0.15) is 16.8 Å². The van der Waals surface area contributed by atoms with Crippen molar-refractivity contribution in [1.29, 1.82) is 0 Å². The molecule has 1 amide bonds. The molecule has 5 nitrogen and oxygen atoms in total. The smallest absolute Gasteiger partial charge is 0.240 e. The third-order valence-electron chi connectivity index (χ3n) is 4.78. The Bertz CT molecular complexity index is 1050. The number of aryl methyl sites for hydroxylation is 1. The molecule has 0 aliphatic carbocycles. The molecule has 2 N–H and O–H groups in total. The summed E-state index contributed by atoms with van der Waals surface area (Å²) in [5.74, 6) is 0.0240. The maximum atomic E-state index is 13.4. The number of rotatable bonds is 4. The number of carbonyl (C=O) groups excluding carboxylic acids is 1. The zero-order valence-corrected chi connectivity index (χ0v) is 17.4. The van der Waals surface area contributed by atoms with E-state index in [9.17, 15) is 9.18 Å². The Hall–Kier alpha value is -2.64. The molecule has 0 fully saturated rings. The van der Waals surface area contributed by atoms with E-state index in [1.165, 1.54) is 30.0 Å². The van der Waals surface area contributed by atoms with Crippen molar-refractivity contribution in [2.24, 2.45) is 0 Å². The quantitative estimate of drug-likeness (QED) is 0.610. The maximum Gasteiger partial charge on any atom is 0.240 e. The number of ether oxygens (including phenoxy) is 1. The largest absolute Gasteiger partial charge is 0.497 e. The van der Waals surface area contributed by atoms with E-state index in [-0.39, 0.29) is 17.0 Å². The van der Waals surface area contributed by atoms with E-state index < -0.39 is 11.1 Å². The highest BCUT2D eigenvalue weighted by atomic mass is 35.5. The van der Waals surface area contributed by atoms with Crippen LogP contribution in [0, 0.1) is 12.7 Å². The van der Waals surface area contributed by atoms with Gasteiger partial charge in [0.15, 0.2) is 0 Å². The van der Waals surface area contributed by atoms with Crippen molar-refractivity contribution in [3.63, 3.8) is 0 Å². The summed E-state index contributed by atoms with van der Waals surface area (Å²) in [5.41, 5.74) is 5.90. The lowest BCUT2D eigenvalue weighted by Gasteiger charge is -2.34. The second-order valence-electron chi connectivity index (χ2n) is 6.68. The fraction of sp³-hybridized carbons (Fsp3) is 0.190. The highest BCUT2D eigenvalue weighted by molar-refractivity contribution is 8.00. The predicted octanol–water partition coefficient (Wildman–Crippen LogP) is 5.00. The SMILES string of the molecule is COc1ccc([C@@H]2Nn3c(C)ccc3S[C@@H]2C(=O)Nc2ccc(F)c(Cl)c2)cc1. The van der Waals surface area contributed by atoms with E-state index in [4.69, 9.17) is 16.3 Å². The van der Waals surface area contributed by atoms with Crippen LogP contribution in [-0.2, 0) is 4.79 Å². The van der Waals surface area contributed by atoms with Crippen LogP contribution in [0.1, 0.15) is 17.3 Å². The predicted molar refractivity (Wildman–Crippen MR) is 114 cm³/mol. The number of hydrogen-bond acceptors (Lipinski definition) is 4. The molecular weight excluding hydrogens is 413 g/mol. The molecule has 150 valence electrons. The first-order valence-corrected chi connectivity index (χ1v) is 10.2. The summed E-state index contributed by atoms with van der Waals surface area (Å²) < 4.78 is 20.7. The van der Waals surface area contributed by atoms with Gasteiger partial charge in [-0.25, -0.2) is 4.39 Å². The van der Waals surface area contributed by atoms with Crippen molar-refractivity contribution in [3.05, 3.63) is 76.7 Å². The van der Waals surface area contributed by atoms with Crippen LogP contribution in [0.3, 0.4) is 0 Å². The van der Waals surface area contributed by atoms with E-state index in [0.717, 1.165) is 22.0 Å². The number of amides is 1. The second kappa shape index (κ2) is 8.00. The van der Waals surface area contributed by atoms with E-state index in [1.54, 1.807) is 7.11 Å². The van der Waals surface area contributed by atoms with Crippen LogP contribution in [0.2, 0.25) is 5.02 Å². The standard InChI is InChI=1S/C21H19ClFN3O2S/c1-12-3-10-18-26(12)25-19(13-4-7-15(28-2)8-5-13)20(29-18)21(27)24-14-6-9-17(23)16(22)11-14/h3-11,19-20,25H,1-2H3,(H,24,27)/t19-,20-/m0/s1. The maximum absolute atomic E-state index is 13.4. The van der Waals surface area contributed by atoms with Crippen LogP contribution in [-0.4, -0.2) is 22.9 Å². The lowest BCUT2D eigenvalue weighted by atomic mass is 10.0. The first kappa shape index (κ1) is 19.7. The molecule has 1 aromatic heterocycles. The molecule has 1 aliphatic heterocycles.